The molecule has 0 amide bonds. The average molecular weight is 234 g/mol. The van der Waals surface area contributed by atoms with Crippen LogP contribution in [0.5, 0.6) is 0 Å². The van der Waals surface area contributed by atoms with Gasteiger partial charge in [0.15, 0.2) is 0 Å². The molecule has 1 aromatic heterocycles. The normalized spacial score (nSPS) is 10.6. The van der Waals surface area contributed by atoms with Gasteiger partial charge in [-0.3, -0.25) is 5.41 Å². The highest BCUT2D eigenvalue weighted by Gasteiger charge is 2.10. The molecular formula is C13H22N4. The maximum absolute atomic E-state index is 7.31. The molecule has 0 bridgehead atoms. The Bertz CT molecular complexity index is 373. The minimum Gasteiger partial charge on any atom is -0.388 e. The van der Waals surface area contributed by atoms with Crippen molar-refractivity contribution in [2.24, 2.45) is 11.7 Å². The fourth-order valence-corrected chi connectivity index (χ4v) is 1.69. The zero-order valence-corrected chi connectivity index (χ0v) is 10.9. The van der Waals surface area contributed by atoms with Crippen LogP contribution >= 0.6 is 0 Å². The second-order valence-electron chi connectivity index (χ2n) is 4.81. The highest BCUT2D eigenvalue weighted by Crippen LogP contribution is 2.14. The summed E-state index contributed by atoms with van der Waals surface area (Å²) >= 11 is 0. The van der Waals surface area contributed by atoms with Crippen molar-refractivity contribution in [2.45, 2.75) is 27.2 Å². The van der Waals surface area contributed by atoms with E-state index in [0.29, 0.717) is 12.3 Å². The first kappa shape index (κ1) is 13.5. The summed E-state index contributed by atoms with van der Waals surface area (Å²) in [6.07, 6.45) is 2.41. The van der Waals surface area contributed by atoms with Gasteiger partial charge in [0.25, 0.3) is 0 Å². The monoisotopic (exact) mass is 234 g/mol. The smallest absolute Gasteiger partial charge is 0.128 e. The Kier molecular flexibility index (Phi) is 4.94. The molecule has 0 saturated heterocycles. The first-order valence-corrected chi connectivity index (χ1v) is 5.99. The molecule has 3 N–H and O–H groups in total. The van der Waals surface area contributed by atoms with E-state index >= 15 is 0 Å². The van der Waals surface area contributed by atoms with Gasteiger partial charge in [-0.1, -0.05) is 13.8 Å². The quantitative estimate of drug-likeness (QED) is 0.585. The van der Waals surface area contributed by atoms with E-state index in [1.807, 2.05) is 12.3 Å². The summed E-state index contributed by atoms with van der Waals surface area (Å²) in [5.41, 5.74) is 6.62. The van der Waals surface area contributed by atoms with Crippen LogP contribution in [0, 0.1) is 18.3 Å². The Labute approximate surface area is 103 Å². The van der Waals surface area contributed by atoms with Gasteiger partial charge >= 0.3 is 0 Å². The molecule has 0 radical (unpaired) electrons. The number of aromatic nitrogens is 1. The van der Waals surface area contributed by atoms with Crippen LogP contribution in [-0.4, -0.2) is 23.9 Å². The van der Waals surface area contributed by atoms with Crippen LogP contribution in [0.2, 0.25) is 0 Å². The molecule has 4 heteroatoms. The lowest BCUT2D eigenvalue weighted by Crippen LogP contribution is -2.31. The number of pyridine rings is 1. The van der Waals surface area contributed by atoms with E-state index in [0.717, 1.165) is 18.9 Å². The van der Waals surface area contributed by atoms with Crippen LogP contribution in [0.25, 0.3) is 0 Å². The highest BCUT2D eigenvalue weighted by atomic mass is 15.2. The number of nitrogens with zero attached hydrogens (tertiary/aromatic N) is 2. The largest absolute Gasteiger partial charge is 0.388 e. The summed E-state index contributed by atoms with van der Waals surface area (Å²) in [4.78, 5) is 6.58. The van der Waals surface area contributed by atoms with Crippen molar-refractivity contribution in [1.29, 1.82) is 5.41 Å². The fourth-order valence-electron chi connectivity index (χ4n) is 1.69. The summed E-state index contributed by atoms with van der Waals surface area (Å²) in [6, 6.07) is 4.06. The second-order valence-corrected chi connectivity index (χ2v) is 4.81. The molecule has 1 aromatic rings. The van der Waals surface area contributed by atoms with Gasteiger partial charge in [-0.05, 0) is 30.5 Å². The molecule has 0 aliphatic rings. The van der Waals surface area contributed by atoms with Crippen LogP contribution in [0.4, 0.5) is 5.82 Å². The molecule has 17 heavy (non-hydrogen) atoms. The van der Waals surface area contributed by atoms with E-state index in [4.69, 9.17) is 11.1 Å². The number of anilines is 1. The average Bonchev–Trinajstić information content (AvgIpc) is 2.23. The lowest BCUT2D eigenvalue weighted by Gasteiger charge is -2.25. The zero-order chi connectivity index (χ0) is 12.8. The SMILES string of the molecule is Cc1ccnc(N(CCC(=N)N)CC(C)C)c1. The maximum Gasteiger partial charge on any atom is 0.128 e. The van der Waals surface area contributed by atoms with E-state index in [9.17, 15) is 0 Å². The van der Waals surface area contributed by atoms with Crippen molar-refractivity contribution in [3.8, 4) is 0 Å². The summed E-state index contributed by atoms with van der Waals surface area (Å²) in [5, 5.41) is 7.31. The lowest BCUT2D eigenvalue weighted by atomic mass is 10.2. The van der Waals surface area contributed by atoms with E-state index < -0.39 is 0 Å². The molecule has 0 aliphatic carbocycles. The van der Waals surface area contributed by atoms with Crippen molar-refractivity contribution in [3.63, 3.8) is 0 Å². The number of aryl methyl sites for hydroxylation is 1. The van der Waals surface area contributed by atoms with Crippen molar-refractivity contribution in [1.82, 2.24) is 4.98 Å². The molecule has 0 saturated carbocycles. The topological polar surface area (TPSA) is 66.0 Å². The molecule has 0 aliphatic heterocycles. The van der Waals surface area contributed by atoms with Gasteiger partial charge < -0.3 is 10.6 Å². The molecule has 0 fully saturated rings. The van der Waals surface area contributed by atoms with Gasteiger partial charge in [-0.15, -0.1) is 0 Å². The van der Waals surface area contributed by atoms with E-state index in [-0.39, 0.29) is 5.84 Å². The standard InChI is InChI=1S/C13H22N4/c1-10(2)9-17(7-5-12(14)15)13-8-11(3)4-6-16-13/h4,6,8,10H,5,7,9H2,1-3H3,(H3,14,15). The third-order valence-corrected chi connectivity index (χ3v) is 2.46. The third kappa shape index (κ3) is 4.85. The van der Waals surface area contributed by atoms with Crippen molar-refractivity contribution < 1.29 is 0 Å². The fraction of sp³-hybridized carbons (Fsp3) is 0.538. The van der Waals surface area contributed by atoms with Crippen molar-refractivity contribution in [2.75, 3.05) is 18.0 Å². The summed E-state index contributed by atoms with van der Waals surface area (Å²) < 4.78 is 0. The summed E-state index contributed by atoms with van der Waals surface area (Å²) in [7, 11) is 0. The van der Waals surface area contributed by atoms with Gasteiger partial charge in [0, 0.05) is 25.7 Å². The van der Waals surface area contributed by atoms with Crippen molar-refractivity contribution >= 4 is 11.7 Å². The van der Waals surface area contributed by atoms with Crippen molar-refractivity contribution in [3.05, 3.63) is 23.9 Å². The lowest BCUT2D eigenvalue weighted by molar-refractivity contribution is 0.608. The summed E-state index contributed by atoms with van der Waals surface area (Å²) in [5.74, 6) is 1.76. The minimum absolute atomic E-state index is 0.228. The van der Waals surface area contributed by atoms with Gasteiger partial charge in [0.2, 0.25) is 0 Å². The van der Waals surface area contributed by atoms with E-state index in [1.165, 1.54) is 5.56 Å². The van der Waals surface area contributed by atoms with Gasteiger partial charge in [-0.25, -0.2) is 4.98 Å². The van der Waals surface area contributed by atoms with Crippen LogP contribution in [0.15, 0.2) is 18.3 Å². The van der Waals surface area contributed by atoms with E-state index in [1.54, 1.807) is 0 Å². The van der Waals surface area contributed by atoms with Crippen LogP contribution in [0.3, 0.4) is 0 Å². The number of nitrogens with two attached hydrogens (primary N) is 1. The Morgan fingerprint density at radius 1 is 1.53 bits per heavy atom. The summed E-state index contributed by atoms with van der Waals surface area (Å²) in [6.45, 7) is 8.10. The molecule has 1 rings (SSSR count). The van der Waals surface area contributed by atoms with Gasteiger partial charge in [0.1, 0.15) is 5.82 Å². The Balaban J connectivity index is 2.77. The molecule has 0 spiro atoms. The zero-order valence-electron chi connectivity index (χ0n) is 10.9. The predicted molar refractivity (Wildman–Crippen MR) is 72.6 cm³/mol. The Morgan fingerprint density at radius 3 is 2.76 bits per heavy atom. The molecule has 1 heterocycles. The number of hydrogen-bond acceptors (Lipinski definition) is 3. The number of rotatable bonds is 6. The second kappa shape index (κ2) is 6.23. The molecule has 4 nitrogen and oxygen atoms in total. The van der Waals surface area contributed by atoms with Crippen LogP contribution in [0.1, 0.15) is 25.8 Å². The molecule has 0 unspecified atom stereocenters. The number of amidine groups is 1. The predicted octanol–water partition coefficient (Wildman–Crippen LogP) is 2.18. The number of hydrogen-bond donors (Lipinski definition) is 2. The first-order chi connectivity index (χ1) is 7.99. The molecular weight excluding hydrogens is 212 g/mol. The minimum atomic E-state index is 0.228. The molecule has 0 aromatic carbocycles. The number of nitrogens with one attached hydrogen (secondary N) is 1. The van der Waals surface area contributed by atoms with Gasteiger partial charge in [0.05, 0.1) is 5.84 Å². The molecule has 94 valence electrons. The Morgan fingerprint density at radius 2 is 2.24 bits per heavy atom. The first-order valence-electron chi connectivity index (χ1n) is 5.99. The Hall–Kier alpha value is -1.58. The van der Waals surface area contributed by atoms with Gasteiger partial charge in [-0.2, -0.15) is 0 Å². The van der Waals surface area contributed by atoms with E-state index in [2.05, 4.69) is 36.7 Å². The third-order valence-electron chi connectivity index (χ3n) is 2.46. The maximum atomic E-state index is 7.31. The van der Waals surface area contributed by atoms with Crippen LogP contribution in [-0.2, 0) is 0 Å². The highest BCUT2D eigenvalue weighted by molar-refractivity contribution is 5.77. The molecule has 0 atom stereocenters. The van der Waals surface area contributed by atoms with Crippen LogP contribution < -0.4 is 10.6 Å².